The Hall–Kier alpha value is -3.05. The van der Waals surface area contributed by atoms with Crippen LogP contribution in [0.4, 0.5) is 5.13 Å². The van der Waals surface area contributed by atoms with Crippen LogP contribution in [0, 0.1) is 0 Å². The molecule has 9 nitrogen and oxygen atoms in total. The van der Waals surface area contributed by atoms with Crippen molar-refractivity contribution in [3.05, 3.63) is 48.4 Å². The van der Waals surface area contributed by atoms with Crippen molar-refractivity contribution >= 4 is 56.2 Å². The van der Waals surface area contributed by atoms with Gasteiger partial charge in [0.2, 0.25) is 0 Å². The number of nitrogens with one attached hydrogen (secondary N) is 4. The SMILES string of the molecule is CSCCC(NC(=O)c1ccco1)C(=O)NNC(=O)CNc1nc2ccccc2s1. The zero-order valence-electron chi connectivity index (χ0n) is 16.1. The minimum absolute atomic E-state index is 0.0612. The molecule has 0 spiro atoms. The van der Waals surface area contributed by atoms with Gasteiger partial charge in [0.05, 0.1) is 23.0 Å². The maximum Gasteiger partial charge on any atom is 0.287 e. The molecule has 3 aromatic rings. The van der Waals surface area contributed by atoms with Crippen molar-refractivity contribution in [1.29, 1.82) is 0 Å². The minimum Gasteiger partial charge on any atom is -0.459 e. The monoisotopic (exact) mass is 447 g/mol. The predicted molar refractivity (Wildman–Crippen MR) is 117 cm³/mol. The van der Waals surface area contributed by atoms with Gasteiger partial charge < -0.3 is 15.1 Å². The maximum absolute atomic E-state index is 12.4. The van der Waals surface area contributed by atoms with E-state index in [1.165, 1.54) is 23.7 Å². The standard InChI is InChI=1S/C19H21N5O4S2/c1-29-10-8-13(21-18(27)14-6-4-9-28-14)17(26)24-23-16(25)11-20-19-22-12-5-2-3-7-15(12)30-19/h2-7,9,13H,8,10-11H2,1H3,(H,20,22)(H,21,27)(H,23,25)(H,24,26). The van der Waals surface area contributed by atoms with E-state index in [9.17, 15) is 14.4 Å². The molecule has 0 saturated heterocycles. The van der Waals surface area contributed by atoms with E-state index in [1.807, 2.05) is 30.5 Å². The number of carbonyl (C=O) groups excluding carboxylic acids is 3. The molecule has 30 heavy (non-hydrogen) atoms. The number of hydrazine groups is 1. The number of furan rings is 1. The number of fused-ring (bicyclic) bond motifs is 1. The molecule has 4 N–H and O–H groups in total. The highest BCUT2D eigenvalue weighted by molar-refractivity contribution is 7.98. The van der Waals surface area contributed by atoms with Gasteiger partial charge in [0.25, 0.3) is 17.7 Å². The summed E-state index contributed by atoms with van der Waals surface area (Å²) in [6.07, 6.45) is 3.68. The number of nitrogens with zero attached hydrogens (tertiary/aromatic N) is 1. The van der Waals surface area contributed by atoms with Crippen molar-refractivity contribution in [3.8, 4) is 0 Å². The van der Waals surface area contributed by atoms with Crippen molar-refractivity contribution in [2.75, 3.05) is 23.9 Å². The smallest absolute Gasteiger partial charge is 0.287 e. The van der Waals surface area contributed by atoms with Gasteiger partial charge in [-0.05, 0) is 42.7 Å². The molecule has 3 amide bonds. The summed E-state index contributed by atoms with van der Waals surface area (Å²) in [5.41, 5.74) is 5.55. The molecule has 1 atom stereocenters. The molecule has 0 radical (unpaired) electrons. The normalized spacial score (nSPS) is 11.6. The summed E-state index contributed by atoms with van der Waals surface area (Å²) in [5, 5.41) is 6.16. The Morgan fingerprint density at radius 2 is 2.00 bits per heavy atom. The number of aromatic nitrogens is 1. The van der Waals surface area contributed by atoms with E-state index in [2.05, 4.69) is 26.5 Å². The quantitative estimate of drug-likeness (QED) is 0.370. The third kappa shape index (κ3) is 5.97. The molecule has 0 fully saturated rings. The van der Waals surface area contributed by atoms with E-state index < -0.39 is 23.8 Å². The second kappa shape index (κ2) is 10.6. The highest BCUT2D eigenvalue weighted by Crippen LogP contribution is 2.24. The first-order valence-electron chi connectivity index (χ1n) is 9.08. The number of rotatable bonds is 9. The van der Waals surface area contributed by atoms with Crippen molar-refractivity contribution in [2.24, 2.45) is 0 Å². The molecular formula is C19H21N5O4S2. The topological polar surface area (TPSA) is 125 Å². The first-order chi connectivity index (χ1) is 14.6. The number of hydrogen-bond acceptors (Lipinski definition) is 8. The summed E-state index contributed by atoms with van der Waals surface area (Å²) in [6.45, 7) is -0.0612. The second-order valence-electron chi connectivity index (χ2n) is 6.16. The average Bonchev–Trinajstić information content (AvgIpc) is 3.43. The molecule has 0 aliphatic heterocycles. The highest BCUT2D eigenvalue weighted by atomic mass is 32.2. The van der Waals surface area contributed by atoms with Gasteiger partial charge in [-0.2, -0.15) is 11.8 Å². The zero-order valence-corrected chi connectivity index (χ0v) is 17.8. The number of amides is 3. The fourth-order valence-corrected chi connectivity index (χ4v) is 3.84. The van der Waals surface area contributed by atoms with E-state index in [0.29, 0.717) is 17.3 Å². The van der Waals surface area contributed by atoms with Crippen LogP contribution in [0.1, 0.15) is 17.0 Å². The largest absolute Gasteiger partial charge is 0.459 e. The third-order valence-electron chi connectivity index (χ3n) is 4.00. The Morgan fingerprint density at radius 1 is 1.17 bits per heavy atom. The van der Waals surface area contributed by atoms with Gasteiger partial charge in [0, 0.05) is 0 Å². The fourth-order valence-electron chi connectivity index (χ4n) is 2.51. The Bertz CT molecular complexity index is 972. The van der Waals surface area contributed by atoms with Gasteiger partial charge >= 0.3 is 0 Å². The zero-order chi connectivity index (χ0) is 21.3. The molecule has 3 rings (SSSR count). The van der Waals surface area contributed by atoms with Gasteiger partial charge in [0.15, 0.2) is 10.9 Å². The number of hydrogen-bond donors (Lipinski definition) is 4. The number of anilines is 1. The van der Waals surface area contributed by atoms with Crippen molar-refractivity contribution in [3.63, 3.8) is 0 Å². The molecular weight excluding hydrogens is 426 g/mol. The van der Waals surface area contributed by atoms with Gasteiger partial charge in [-0.15, -0.1) is 0 Å². The van der Waals surface area contributed by atoms with Crippen LogP contribution in [-0.4, -0.2) is 47.3 Å². The van der Waals surface area contributed by atoms with Crippen molar-refractivity contribution in [2.45, 2.75) is 12.5 Å². The number of carbonyl (C=O) groups is 3. The third-order valence-corrected chi connectivity index (χ3v) is 5.63. The van der Waals surface area contributed by atoms with Gasteiger partial charge in [-0.3, -0.25) is 25.2 Å². The first-order valence-corrected chi connectivity index (χ1v) is 11.3. The summed E-state index contributed by atoms with van der Waals surface area (Å²) in [4.78, 5) is 41.0. The molecule has 0 aliphatic rings. The van der Waals surface area contributed by atoms with Crippen LogP contribution in [0.5, 0.6) is 0 Å². The second-order valence-corrected chi connectivity index (χ2v) is 8.18. The fraction of sp³-hybridized carbons (Fsp3) is 0.263. The van der Waals surface area contributed by atoms with Crippen LogP contribution in [0.25, 0.3) is 10.2 Å². The first kappa shape index (κ1) is 21.7. The van der Waals surface area contributed by atoms with E-state index >= 15 is 0 Å². The highest BCUT2D eigenvalue weighted by Gasteiger charge is 2.22. The molecule has 2 heterocycles. The molecule has 0 aliphatic carbocycles. The van der Waals surface area contributed by atoms with Crippen molar-refractivity contribution < 1.29 is 18.8 Å². The number of para-hydroxylation sites is 1. The van der Waals surface area contributed by atoms with Crippen LogP contribution in [0.15, 0.2) is 47.1 Å². The lowest BCUT2D eigenvalue weighted by molar-refractivity contribution is -0.129. The molecule has 11 heteroatoms. The molecule has 1 unspecified atom stereocenters. The van der Waals surface area contributed by atoms with Gasteiger partial charge in [0.1, 0.15) is 6.04 Å². The lowest BCUT2D eigenvalue weighted by atomic mass is 10.2. The number of benzene rings is 1. The van der Waals surface area contributed by atoms with Gasteiger partial charge in [-0.1, -0.05) is 23.5 Å². The summed E-state index contributed by atoms with van der Waals surface area (Å²) >= 11 is 2.98. The van der Waals surface area contributed by atoms with Crippen molar-refractivity contribution in [1.82, 2.24) is 21.2 Å². The van der Waals surface area contributed by atoms with Crippen LogP contribution in [-0.2, 0) is 9.59 Å². The predicted octanol–water partition coefficient (Wildman–Crippen LogP) is 2.00. The molecule has 158 valence electrons. The summed E-state index contributed by atoms with van der Waals surface area (Å²) in [6, 6.07) is 9.94. The molecule has 0 saturated carbocycles. The van der Waals surface area contributed by atoms with E-state index in [0.717, 1.165) is 10.2 Å². The molecule has 2 aromatic heterocycles. The minimum atomic E-state index is -0.812. The van der Waals surface area contributed by atoms with Crippen LogP contribution in [0.3, 0.4) is 0 Å². The summed E-state index contributed by atoms with van der Waals surface area (Å²) < 4.78 is 6.05. The van der Waals surface area contributed by atoms with Crippen LogP contribution < -0.4 is 21.5 Å². The average molecular weight is 448 g/mol. The lowest BCUT2D eigenvalue weighted by Gasteiger charge is -2.18. The van der Waals surface area contributed by atoms with E-state index in [-0.39, 0.29) is 12.3 Å². The Balaban J connectivity index is 1.48. The Labute approximate surface area is 181 Å². The van der Waals surface area contributed by atoms with E-state index in [4.69, 9.17) is 4.42 Å². The Kier molecular flexibility index (Phi) is 7.69. The van der Waals surface area contributed by atoms with Gasteiger partial charge in [-0.25, -0.2) is 4.98 Å². The van der Waals surface area contributed by atoms with Crippen LogP contribution >= 0.6 is 23.1 Å². The van der Waals surface area contributed by atoms with E-state index in [1.54, 1.807) is 17.8 Å². The molecule has 0 bridgehead atoms. The lowest BCUT2D eigenvalue weighted by Crippen LogP contribution is -2.53. The maximum atomic E-state index is 12.4. The number of thiazole rings is 1. The summed E-state index contributed by atoms with van der Waals surface area (Å²) in [7, 11) is 0. The summed E-state index contributed by atoms with van der Waals surface area (Å²) in [5.74, 6) is -0.684. The molecule has 1 aromatic carbocycles. The number of thioether (sulfide) groups is 1. The Morgan fingerprint density at radius 3 is 2.73 bits per heavy atom. The van der Waals surface area contributed by atoms with Crippen LogP contribution in [0.2, 0.25) is 0 Å².